The monoisotopic (exact) mass is 462 g/mol. The number of rotatable bonds is 5. The third-order valence-electron chi connectivity index (χ3n) is 4.75. The summed E-state index contributed by atoms with van der Waals surface area (Å²) in [6, 6.07) is 9.37. The largest absolute Gasteiger partial charge is 0.497 e. The quantitative estimate of drug-likeness (QED) is 0.567. The van der Waals surface area contributed by atoms with Gasteiger partial charge in [0.05, 0.1) is 28.8 Å². The van der Waals surface area contributed by atoms with Crippen molar-refractivity contribution in [2.75, 3.05) is 13.4 Å². The molecule has 2 aromatic carbocycles. The molecule has 0 aliphatic rings. The first-order valence-electron chi connectivity index (χ1n) is 9.35. The number of halogens is 1. The lowest BCUT2D eigenvalue weighted by Gasteiger charge is -2.20. The molecule has 0 radical (unpaired) electrons. The van der Waals surface area contributed by atoms with Crippen LogP contribution in [0.15, 0.2) is 47.5 Å². The Morgan fingerprint density at radius 3 is 2.19 bits per heavy atom. The number of nitrogens with zero attached hydrogens (tertiary/aromatic N) is 2. The average molecular weight is 463 g/mol. The van der Waals surface area contributed by atoms with Crippen molar-refractivity contribution >= 4 is 27.2 Å². The number of sulfone groups is 1. The Morgan fingerprint density at radius 2 is 1.71 bits per heavy atom. The van der Waals surface area contributed by atoms with Crippen molar-refractivity contribution in [2.24, 2.45) is 0 Å². The van der Waals surface area contributed by atoms with E-state index < -0.39 is 21.2 Å². The minimum Gasteiger partial charge on any atom is -0.497 e. The molecule has 0 unspecified atom stereocenters. The first-order valence-corrected chi connectivity index (χ1v) is 11.6. The molecule has 0 aliphatic carbocycles. The summed E-state index contributed by atoms with van der Waals surface area (Å²) >= 11 is 6.60. The van der Waals surface area contributed by atoms with E-state index in [1.807, 2.05) is 20.8 Å². The fourth-order valence-corrected chi connectivity index (χ4v) is 4.53. The number of hydrogen-bond donors (Lipinski definition) is 1. The van der Waals surface area contributed by atoms with Crippen molar-refractivity contribution in [1.82, 2.24) is 9.78 Å². The number of benzene rings is 2. The smallest absolute Gasteiger partial charge is 0.221 e. The molecular formula is C22H23ClN2O5S. The zero-order valence-corrected chi connectivity index (χ0v) is 19.4. The summed E-state index contributed by atoms with van der Waals surface area (Å²) in [5.74, 6) is -0.257. The van der Waals surface area contributed by atoms with Crippen LogP contribution >= 0.6 is 11.6 Å². The van der Waals surface area contributed by atoms with Crippen LogP contribution in [0, 0.1) is 0 Å². The van der Waals surface area contributed by atoms with Gasteiger partial charge in [-0.25, -0.2) is 13.1 Å². The Bertz CT molecular complexity index is 1260. The van der Waals surface area contributed by atoms with Gasteiger partial charge in [0.1, 0.15) is 11.3 Å². The summed E-state index contributed by atoms with van der Waals surface area (Å²) in [4.78, 5) is 13.2. The maximum absolute atomic E-state index is 13.2. The van der Waals surface area contributed by atoms with E-state index in [2.05, 4.69) is 5.10 Å². The molecule has 0 aliphatic heterocycles. The second kappa shape index (κ2) is 8.01. The van der Waals surface area contributed by atoms with Gasteiger partial charge in [-0.05, 0) is 50.6 Å². The Balaban J connectivity index is 2.22. The molecule has 164 valence electrons. The first kappa shape index (κ1) is 22.8. The predicted octanol–water partition coefficient (Wildman–Crippen LogP) is 4.31. The van der Waals surface area contributed by atoms with Gasteiger partial charge in [0, 0.05) is 17.4 Å². The van der Waals surface area contributed by atoms with Crippen molar-refractivity contribution < 1.29 is 23.1 Å². The molecule has 0 bridgehead atoms. The van der Waals surface area contributed by atoms with Crippen LogP contribution in [0.3, 0.4) is 0 Å². The lowest BCUT2D eigenvalue weighted by atomic mass is 9.98. The van der Waals surface area contributed by atoms with Gasteiger partial charge in [0.2, 0.25) is 11.7 Å². The van der Waals surface area contributed by atoms with Gasteiger partial charge in [-0.15, -0.1) is 0 Å². The standard InChI is InChI=1S/C22H23ClN2O5S/c1-22(2,3)25-21(27)16(12-24-25)20(26)15-10-11-17(31(5,28)29)18(19(15)23)13-6-8-14(30-4)9-7-13/h6-12,27H,1-5H3. The number of aromatic hydroxyl groups is 1. The minimum absolute atomic E-state index is 0.00572. The summed E-state index contributed by atoms with van der Waals surface area (Å²) < 4.78 is 31.3. The Kier molecular flexibility index (Phi) is 5.90. The van der Waals surface area contributed by atoms with Crippen LogP contribution in [0.5, 0.6) is 11.6 Å². The summed E-state index contributed by atoms with van der Waals surface area (Å²) in [5.41, 5.74) is 0.213. The fraction of sp³-hybridized carbons (Fsp3) is 0.273. The summed E-state index contributed by atoms with van der Waals surface area (Å²) in [5, 5.41) is 14.6. The third-order valence-corrected chi connectivity index (χ3v) is 6.28. The molecule has 3 aromatic rings. The first-order chi connectivity index (χ1) is 14.4. The SMILES string of the molecule is COc1ccc(-c2c(S(C)(=O)=O)ccc(C(=O)c3cnn(C(C)(C)C)c3O)c2Cl)cc1. The Morgan fingerprint density at radius 1 is 1.10 bits per heavy atom. The number of methoxy groups -OCH3 is 1. The van der Waals surface area contributed by atoms with Crippen molar-refractivity contribution in [3.8, 4) is 22.8 Å². The Hall–Kier alpha value is -2.84. The van der Waals surface area contributed by atoms with Crippen LogP contribution in [-0.4, -0.2) is 42.5 Å². The molecule has 0 fully saturated rings. The maximum Gasteiger partial charge on any atom is 0.221 e. The van der Waals surface area contributed by atoms with E-state index in [1.54, 1.807) is 24.3 Å². The van der Waals surface area contributed by atoms with E-state index in [-0.39, 0.29) is 32.5 Å². The van der Waals surface area contributed by atoms with E-state index in [1.165, 1.54) is 30.1 Å². The number of ketones is 1. The van der Waals surface area contributed by atoms with E-state index in [0.717, 1.165) is 6.26 Å². The molecule has 9 heteroatoms. The molecule has 0 amide bonds. The molecule has 0 atom stereocenters. The predicted molar refractivity (Wildman–Crippen MR) is 119 cm³/mol. The average Bonchev–Trinajstić information content (AvgIpc) is 3.08. The molecule has 1 heterocycles. The second-order valence-electron chi connectivity index (χ2n) is 8.09. The fourth-order valence-electron chi connectivity index (χ4n) is 3.21. The number of carbonyl (C=O) groups excluding carboxylic acids is 1. The number of ether oxygens (including phenoxy) is 1. The zero-order valence-electron chi connectivity index (χ0n) is 17.8. The van der Waals surface area contributed by atoms with Crippen LogP contribution in [-0.2, 0) is 15.4 Å². The molecule has 0 spiro atoms. The highest BCUT2D eigenvalue weighted by Crippen LogP contribution is 2.39. The van der Waals surface area contributed by atoms with Gasteiger partial charge in [0.15, 0.2) is 9.84 Å². The van der Waals surface area contributed by atoms with E-state index in [0.29, 0.717) is 11.3 Å². The minimum atomic E-state index is -3.64. The molecule has 3 rings (SSSR count). The van der Waals surface area contributed by atoms with E-state index in [4.69, 9.17) is 16.3 Å². The van der Waals surface area contributed by atoms with Gasteiger partial charge in [0.25, 0.3) is 0 Å². The third kappa shape index (κ3) is 4.31. The topological polar surface area (TPSA) is 98.5 Å². The molecule has 0 saturated carbocycles. The number of aromatic nitrogens is 2. The van der Waals surface area contributed by atoms with Gasteiger partial charge in [-0.2, -0.15) is 5.10 Å². The van der Waals surface area contributed by atoms with Crippen molar-refractivity contribution in [3.05, 3.63) is 58.7 Å². The Labute approximate surface area is 186 Å². The van der Waals surface area contributed by atoms with Crippen molar-refractivity contribution in [2.45, 2.75) is 31.2 Å². The van der Waals surface area contributed by atoms with Gasteiger partial charge >= 0.3 is 0 Å². The van der Waals surface area contributed by atoms with E-state index >= 15 is 0 Å². The summed E-state index contributed by atoms with van der Waals surface area (Å²) in [6.07, 6.45) is 2.35. The van der Waals surface area contributed by atoms with Crippen molar-refractivity contribution in [1.29, 1.82) is 0 Å². The van der Waals surface area contributed by atoms with Gasteiger partial charge in [-0.3, -0.25) is 4.79 Å². The lowest BCUT2D eigenvalue weighted by Crippen LogP contribution is -2.22. The molecule has 31 heavy (non-hydrogen) atoms. The van der Waals surface area contributed by atoms with Crippen LogP contribution in [0.1, 0.15) is 36.7 Å². The zero-order chi connectivity index (χ0) is 23.1. The highest BCUT2D eigenvalue weighted by molar-refractivity contribution is 7.90. The van der Waals surface area contributed by atoms with Crippen LogP contribution in [0.25, 0.3) is 11.1 Å². The van der Waals surface area contributed by atoms with Crippen LogP contribution in [0.2, 0.25) is 5.02 Å². The molecule has 7 nitrogen and oxygen atoms in total. The van der Waals surface area contributed by atoms with Crippen molar-refractivity contribution in [3.63, 3.8) is 0 Å². The highest BCUT2D eigenvalue weighted by atomic mass is 35.5. The van der Waals surface area contributed by atoms with Gasteiger partial charge < -0.3 is 9.84 Å². The molecule has 1 N–H and O–H groups in total. The molecule has 0 saturated heterocycles. The molecule has 1 aromatic heterocycles. The highest BCUT2D eigenvalue weighted by Gasteiger charge is 2.28. The normalized spacial score (nSPS) is 12.1. The summed E-state index contributed by atoms with van der Waals surface area (Å²) in [7, 11) is -2.12. The molecular weight excluding hydrogens is 440 g/mol. The number of hydrogen-bond acceptors (Lipinski definition) is 6. The lowest BCUT2D eigenvalue weighted by molar-refractivity contribution is 0.103. The maximum atomic E-state index is 13.2. The van der Waals surface area contributed by atoms with Crippen LogP contribution < -0.4 is 4.74 Å². The second-order valence-corrected chi connectivity index (χ2v) is 10.5. The van der Waals surface area contributed by atoms with E-state index in [9.17, 15) is 18.3 Å². The number of carbonyl (C=O) groups is 1. The van der Waals surface area contributed by atoms with Crippen LogP contribution in [0.4, 0.5) is 0 Å². The van der Waals surface area contributed by atoms with Gasteiger partial charge in [-0.1, -0.05) is 23.7 Å². The summed E-state index contributed by atoms with van der Waals surface area (Å²) in [6.45, 7) is 5.51.